The van der Waals surface area contributed by atoms with E-state index in [0.29, 0.717) is 26.9 Å². The van der Waals surface area contributed by atoms with Gasteiger partial charge in [-0.3, -0.25) is 19.3 Å². The van der Waals surface area contributed by atoms with E-state index in [4.69, 9.17) is 0 Å². The summed E-state index contributed by atoms with van der Waals surface area (Å²) in [5, 5.41) is 2.67. The minimum absolute atomic E-state index is 0.0549. The fourth-order valence-electron chi connectivity index (χ4n) is 3.00. The fourth-order valence-corrected chi connectivity index (χ4v) is 4.29. The van der Waals surface area contributed by atoms with Gasteiger partial charge in [-0.15, -0.1) is 0 Å². The van der Waals surface area contributed by atoms with Crippen molar-refractivity contribution in [2.75, 3.05) is 26.0 Å². The highest BCUT2D eigenvalue weighted by molar-refractivity contribution is 9.10. The molecule has 0 radical (unpaired) electrons. The average Bonchev–Trinajstić information content (AvgIpc) is 2.91. The van der Waals surface area contributed by atoms with Crippen molar-refractivity contribution in [2.45, 2.75) is 18.2 Å². The number of hydrogen-bond donors (Lipinski definition) is 1. The molecule has 0 spiro atoms. The number of halogens is 1. The molecule has 30 heavy (non-hydrogen) atoms. The molecule has 1 N–H and O–H groups in total. The molecular weight excluding hydrogens is 474 g/mol. The number of sulfonamides is 1. The number of hydrogen-bond acceptors (Lipinski definition) is 5. The summed E-state index contributed by atoms with van der Waals surface area (Å²) in [6.07, 6.45) is -0.114. The van der Waals surface area contributed by atoms with Crippen molar-refractivity contribution in [2.24, 2.45) is 0 Å². The maximum absolute atomic E-state index is 12.5. The Balaban J connectivity index is 1.70. The van der Waals surface area contributed by atoms with Crippen molar-refractivity contribution in [3.8, 4) is 0 Å². The summed E-state index contributed by atoms with van der Waals surface area (Å²) in [4.78, 5) is 38.5. The number of amides is 3. The van der Waals surface area contributed by atoms with Crippen LogP contribution < -0.4 is 5.32 Å². The molecule has 2 aromatic rings. The zero-order valence-electron chi connectivity index (χ0n) is 16.6. The number of imide groups is 1. The third-order valence-corrected chi connectivity index (χ3v) is 7.06. The summed E-state index contributed by atoms with van der Waals surface area (Å²) in [5.74, 6) is -1.32. The van der Waals surface area contributed by atoms with Crippen molar-refractivity contribution in [1.82, 2.24) is 9.21 Å². The van der Waals surface area contributed by atoms with Gasteiger partial charge < -0.3 is 5.32 Å². The van der Waals surface area contributed by atoms with Gasteiger partial charge in [0.1, 0.15) is 0 Å². The number of benzene rings is 2. The van der Waals surface area contributed by atoms with E-state index in [1.165, 1.54) is 26.2 Å². The lowest BCUT2D eigenvalue weighted by Gasteiger charge is -2.16. The number of carbonyl (C=O) groups is 3. The topological polar surface area (TPSA) is 104 Å². The summed E-state index contributed by atoms with van der Waals surface area (Å²) in [6, 6.07) is 9.29. The Labute approximate surface area is 183 Å². The van der Waals surface area contributed by atoms with Gasteiger partial charge in [0.2, 0.25) is 15.9 Å². The molecule has 1 heterocycles. The van der Waals surface area contributed by atoms with E-state index >= 15 is 0 Å². The Morgan fingerprint density at radius 2 is 1.73 bits per heavy atom. The van der Waals surface area contributed by atoms with Crippen LogP contribution in [0.4, 0.5) is 5.69 Å². The van der Waals surface area contributed by atoms with Crippen LogP contribution in [0.25, 0.3) is 0 Å². The van der Waals surface area contributed by atoms with Crippen LogP contribution in [0.1, 0.15) is 32.7 Å². The van der Waals surface area contributed by atoms with Gasteiger partial charge in [-0.2, -0.15) is 0 Å². The van der Waals surface area contributed by atoms with Gasteiger partial charge >= 0.3 is 0 Å². The minimum Gasteiger partial charge on any atom is -0.326 e. The molecule has 1 aliphatic rings. The number of rotatable bonds is 6. The van der Waals surface area contributed by atoms with E-state index in [0.717, 1.165) is 9.21 Å². The van der Waals surface area contributed by atoms with E-state index in [1.54, 1.807) is 31.2 Å². The van der Waals surface area contributed by atoms with Gasteiger partial charge in [-0.05, 0) is 42.8 Å². The van der Waals surface area contributed by atoms with Crippen LogP contribution in [0.3, 0.4) is 0 Å². The Morgan fingerprint density at radius 3 is 2.40 bits per heavy atom. The predicted molar refractivity (Wildman–Crippen MR) is 115 cm³/mol. The summed E-state index contributed by atoms with van der Waals surface area (Å²) in [5.41, 5.74) is 1.65. The van der Waals surface area contributed by atoms with Gasteiger partial charge in [-0.25, -0.2) is 12.7 Å². The molecule has 0 unspecified atom stereocenters. The molecule has 0 saturated carbocycles. The number of aryl methyl sites for hydroxylation is 1. The molecule has 0 atom stereocenters. The zero-order chi connectivity index (χ0) is 22.2. The first kappa shape index (κ1) is 22.1. The third-order valence-electron chi connectivity index (χ3n) is 4.76. The second kappa shape index (κ2) is 8.29. The van der Waals surface area contributed by atoms with Crippen LogP contribution >= 0.6 is 15.9 Å². The smallest absolute Gasteiger partial charge is 0.261 e. The second-order valence-corrected chi connectivity index (χ2v) is 10.1. The number of nitrogens with one attached hydrogen (secondary N) is 1. The van der Waals surface area contributed by atoms with Crippen LogP contribution in [0.2, 0.25) is 0 Å². The minimum atomic E-state index is -3.65. The number of anilines is 1. The summed E-state index contributed by atoms with van der Waals surface area (Å²) < 4.78 is 26.4. The molecule has 2 aromatic carbocycles. The highest BCUT2D eigenvalue weighted by atomic mass is 79.9. The molecular formula is C20H20BrN3O5S. The molecule has 0 aliphatic carbocycles. The van der Waals surface area contributed by atoms with Gasteiger partial charge in [0.25, 0.3) is 11.8 Å². The van der Waals surface area contributed by atoms with Crippen molar-refractivity contribution in [3.63, 3.8) is 0 Å². The molecule has 0 bridgehead atoms. The van der Waals surface area contributed by atoms with E-state index in [-0.39, 0.29) is 17.9 Å². The van der Waals surface area contributed by atoms with Crippen LogP contribution in [0, 0.1) is 6.92 Å². The Hall–Kier alpha value is -2.56. The Bertz CT molecular complexity index is 1160. The van der Waals surface area contributed by atoms with Crippen LogP contribution in [-0.4, -0.2) is 56.0 Å². The van der Waals surface area contributed by atoms with E-state index in [1.807, 2.05) is 0 Å². The normalized spacial score (nSPS) is 13.7. The van der Waals surface area contributed by atoms with Gasteiger partial charge in [0, 0.05) is 37.2 Å². The maximum Gasteiger partial charge on any atom is 0.261 e. The molecule has 3 amide bonds. The fraction of sp³-hybridized carbons (Fsp3) is 0.250. The quantitative estimate of drug-likeness (QED) is 0.622. The first-order valence-corrected chi connectivity index (χ1v) is 11.2. The summed E-state index contributed by atoms with van der Waals surface area (Å²) >= 11 is 3.27. The zero-order valence-corrected chi connectivity index (χ0v) is 19.0. The first-order chi connectivity index (χ1) is 14.0. The number of fused-ring (bicyclic) bond motifs is 1. The van der Waals surface area contributed by atoms with E-state index in [2.05, 4.69) is 21.2 Å². The Morgan fingerprint density at radius 1 is 1.07 bits per heavy atom. The SMILES string of the molecule is Cc1ccc(S(=O)(=O)N(C)C)cc1NC(=O)CCN1C(=O)c2ccc(Br)cc2C1=O. The van der Waals surface area contributed by atoms with Crippen LogP contribution in [0.15, 0.2) is 45.8 Å². The lowest BCUT2D eigenvalue weighted by Crippen LogP contribution is -2.33. The van der Waals surface area contributed by atoms with Gasteiger partial charge in [0.05, 0.1) is 16.0 Å². The van der Waals surface area contributed by atoms with Gasteiger partial charge in [-0.1, -0.05) is 22.0 Å². The Kier molecular flexibility index (Phi) is 6.11. The highest BCUT2D eigenvalue weighted by Crippen LogP contribution is 2.26. The molecule has 8 nitrogen and oxygen atoms in total. The third kappa shape index (κ3) is 4.16. The van der Waals surface area contributed by atoms with Crippen LogP contribution in [0.5, 0.6) is 0 Å². The van der Waals surface area contributed by atoms with Crippen molar-refractivity contribution >= 4 is 49.4 Å². The lowest BCUT2D eigenvalue weighted by molar-refractivity contribution is -0.116. The molecule has 158 valence electrons. The van der Waals surface area contributed by atoms with Crippen molar-refractivity contribution < 1.29 is 22.8 Å². The second-order valence-electron chi connectivity index (χ2n) is 7.01. The molecule has 0 aromatic heterocycles. The van der Waals surface area contributed by atoms with Gasteiger partial charge in [0.15, 0.2) is 0 Å². The molecule has 1 aliphatic heterocycles. The van der Waals surface area contributed by atoms with E-state index < -0.39 is 27.7 Å². The molecule has 3 rings (SSSR count). The van der Waals surface area contributed by atoms with E-state index in [9.17, 15) is 22.8 Å². The lowest BCUT2D eigenvalue weighted by atomic mass is 10.1. The van der Waals surface area contributed by atoms with Crippen LogP contribution in [-0.2, 0) is 14.8 Å². The van der Waals surface area contributed by atoms with Crippen molar-refractivity contribution in [3.05, 3.63) is 57.6 Å². The molecule has 0 saturated heterocycles. The molecule has 0 fully saturated rings. The predicted octanol–water partition coefficient (Wildman–Crippen LogP) is 2.63. The highest BCUT2D eigenvalue weighted by Gasteiger charge is 2.35. The summed E-state index contributed by atoms with van der Waals surface area (Å²) in [6.45, 7) is 1.66. The first-order valence-electron chi connectivity index (χ1n) is 9.01. The summed E-state index contributed by atoms with van der Waals surface area (Å²) in [7, 11) is -0.796. The maximum atomic E-state index is 12.5. The molecule has 10 heteroatoms. The average molecular weight is 494 g/mol. The monoisotopic (exact) mass is 493 g/mol. The van der Waals surface area contributed by atoms with Crippen molar-refractivity contribution in [1.29, 1.82) is 0 Å². The standard InChI is InChI=1S/C20H20BrN3O5S/c1-12-4-6-14(30(28,29)23(2)3)11-17(12)22-18(25)8-9-24-19(26)15-7-5-13(21)10-16(15)20(24)27/h4-7,10-11H,8-9H2,1-3H3,(H,22,25). The largest absolute Gasteiger partial charge is 0.326 e. The number of carbonyl (C=O) groups excluding carboxylic acids is 3. The number of nitrogens with zero attached hydrogens (tertiary/aromatic N) is 2.